The fourth-order valence-electron chi connectivity index (χ4n) is 3.72. The number of thiophene rings is 1. The molecule has 2 aliphatic carbocycles. The minimum Gasteiger partial charge on any atom is -0.314 e. The summed E-state index contributed by atoms with van der Waals surface area (Å²) in [5.41, 5.74) is 0. The molecule has 0 bridgehead atoms. The second-order valence-electron chi connectivity index (χ2n) is 6.66. The molecule has 3 atom stereocenters. The molecule has 0 aliphatic heterocycles. The molecule has 0 spiro atoms. The summed E-state index contributed by atoms with van der Waals surface area (Å²) < 4.78 is 0.950. The highest BCUT2D eigenvalue weighted by Crippen LogP contribution is 2.44. The minimum atomic E-state index is 0.740. The Kier molecular flexibility index (Phi) is 5.06. The second kappa shape index (κ2) is 6.81. The van der Waals surface area contributed by atoms with Gasteiger partial charge in [0, 0.05) is 10.9 Å². The van der Waals surface area contributed by atoms with Crippen LogP contribution in [0.15, 0.2) is 12.1 Å². The van der Waals surface area contributed by atoms with Crippen LogP contribution in [0, 0.1) is 11.8 Å². The van der Waals surface area contributed by atoms with Gasteiger partial charge in [-0.25, -0.2) is 0 Å². The molecule has 2 fully saturated rings. The molecule has 3 heteroatoms. The standard InChI is InChI=1S/C17H26ClNS/c1-2-3-12-4-5-13(11-19-14-6-7-14)15(10-12)16-8-9-17(18)20-16/h8-9,12-15,19H,2-7,10-11H2,1H3. The van der Waals surface area contributed by atoms with Crippen molar-refractivity contribution < 1.29 is 0 Å². The fourth-order valence-corrected chi connectivity index (χ4v) is 4.98. The number of rotatable bonds is 6. The van der Waals surface area contributed by atoms with E-state index in [1.165, 1.54) is 56.4 Å². The first-order valence-electron chi connectivity index (χ1n) is 8.25. The minimum absolute atomic E-state index is 0.740. The SMILES string of the molecule is CCCC1CCC(CNC2CC2)C(c2ccc(Cl)s2)C1. The Bertz CT molecular complexity index is 426. The smallest absolute Gasteiger partial charge is 0.0931 e. The van der Waals surface area contributed by atoms with Gasteiger partial charge in [-0.1, -0.05) is 37.8 Å². The van der Waals surface area contributed by atoms with Crippen molar-refractivity contribution in [2.75, 3.05) is 6.54 Å². The first-order chi connectivity index (χ1) is 9.76. The Morgan fingerprint density at radius 1 is 1.25 bits per heavy atom. The Balaban J connectivity index is 1.66. The van der Waals surface area contributed by atoms with Crippen LogP contribution in [0.1, 0.15) is 62.7 Å². The van der Waals surface area contributed by atoms with E-state index in [1.807, 2.05) is 0 Å². The number of nitrogens with one attached hydrogen (secondary N) is 1. The molecule has 1 aromatic rings. The highest BCUT2D eigenvalue weighted by molar-refractivity contribution is 7.16. The normalized spacial score (nSPS) is 30.6. The summed E-state index contributed by atoms with van der Waals surface area (Å²) in [5.74, 6) is 2.49. The molecular formula is C17H26ClNS. The van der Waals surface area contributed by atoms with Gasteiger partial charge in [0.1, 0.15) is 0 Å². The van der Waals surface area contributed by atoms with E-state index >= 15 is 0 Å². The van der Waals surface area contributed by atoms with Gasteiger partial charge in [-0.3, -0.25) is 0 Å². The van der Waals surface area contributed by atoms with Gasteiger partial charge in [0.15, 0.2) is 0 Å². The summed E-state index contributed by atoms with van der Waals surface area (Å²) in [6.07, 6.45) is 9.71. The van der Waals surface area contributed by atoms with E-state index in [9.17, 15) is 0 Å². The van der Waals surface area contributed by atoms with Crippen LogP contribution in [0.5, 0.6) is 0 Å². The van der Waals surface area contributed by atoms with Crippen LogP contribution < -0.4 is 5.32 Å². The van der Waals surface area contributed by atoms with Gasteiger partial charge in [0.2, 0.25) is 0 Å². The van der Waals surface area contributed by atoms with Crippen molar-refractivity contribution >= 4 is 22.9 Å². The van der Waals surface area contributed by atoms with Crippen molar-refractivity contribution in [2.24, 2.45) is 11.8 Å². The van der Waals surface area contributed by atoms with E-state index in [1.54, 1.807) is 11.3 Å². The predicted octanol–water partition coefficient (Wildman–Crippen LogP) is 5.45. The summed E-state index contributed by atoms with van der Waals surface area (Å²) in [5, 5.41) is 3.75. The molecule has 0 radical (unpaired) electrons. The first-order valence-corrected chi connectivity index (χ1v) is 9.44. The second-order valence-corrected chi connectivity index (χ2v) is 8.41. The van der Waals surface area contributed by atoms with Crippen LogP contribution in [-0.2, 0) is 0 Å². The Hall–Kier alpha value is -0.0500. The van der Waals surface area contributed by atoms with E-state index in [-0.39, 0.29) is 0 Å². The Morgan fingerprint density at radius 3 is 2.75 bits per heavy atom. The molecule has 2 aliphatic rings. The molecule has 112 valence electrons. The monoisotopic (exact) mass is 311 g/mol. The van der Waals surface area contributed by atoms with E-state index < -0.39 is 0 Å². The van der Waals surface area contributed by atoms with Crippen molar-refractivity contribution in [1.29, 1.82) is 0 Å². The van der Waals surface area contributed by atoms with Crippen LogP contribution in [0.25, 0.3) is 0 Å². The van der Waals surface area contributed by atoms with Crippen LogP contribution in [0.4, 0.5) is 0 Å². The van der Waals surface area contributed by atoms with Gasteiger partial charge in [-0.2, -0.15) is 0 Å². The summed E-state index contributed by atoms with van der Waals surface area (Å²) in [6, 6.07) is 5.18. The zero-order chi connectivity index (χ0) is 13.9. The van der Waals surface area contributed by atoms with Crippen LogP contribution in [0.2, 0.25) is 4.34 Å². The lowest BCUT2D eigenvalue weighted by Gasteiger charge is -2.36. The Morgan fingerprint density at radius 2 is 2.10 bits per heavy atom. The quantitative estimate of drug-likeness (QED) is 0.736. The first kappa shape index (κ1) is 14.9. The van der Waals surface area contributed by atoms with Gasteiger partial charge >= 0.3 is 0 Å². The zero-order valence-electron chi connectivity index (χ0n) is 12.4. The summed E-state index contributed by atoms with van der Waals surface area (Å²) in [4.78, 5) is 1.53. The third-order valence-corrected chi connectivity index (χ3v) is 6.37. The summed E-state index contributed by atoms with van der Waals surface area (Å²) in [7, 11) is 0. The fraction of sp³-hybridized carbons (Fsp3) is 0.765. The highest BCUT2D eigenvalue weighted by Gasteiger charge is 2.33. The molecule has 0 aromatic carbocycles. The van der Waals surface area contributed by atoms with E-state index in [0.717, 1.165) is 28.1 Å². The number of halogens is 1. The summed E-state index contributed by atoms with van der Waals surface area (Å²) >= 11 is 7.97. The summed E-state index contributed by atoms with van der Waals surface area (Å²) in [6.45, 7) is 3.53. The van der Waals surface area contributed by atoms with Gasteiger partial charge < -0.3 is 5.32 Å². The van der Waals surface area contributed by atoms with Crippen molar-refractivity contribution in [2.45, 2.75) is 63.8 Å². The molecule has 1 aromatic heterocycles. The lowest BCUT2D eigenvalue weighted by atomic mass is 9.72. The van der Waals surface area contributed by atoms with Crippen molar-refractivity contribution in [3.63, 3.8) is 0 Å². The van der Waals surface area contributed by atoms with Gasteiger partial charge in [-0.15, -0.1) is 11.3 Å². The highest BCUT2D eigenvalue weighted by atomic mass is 35.5. The zero-order valence-corrected chi connectivity index (χ0v) is 14.0. The maximum atomic E-state index is 6.17. The maximum absolute atomic E-state index is 6.17. The van der Waals surface area contributed by atoms with Crippen molar-refractivity contribution in [3.8, 4) is 0 Å². The van der Waals surface area contributed by atoms with Crippen LogP contribution in [0.3, 0.4) is 0 Å². The van der Waals surface area contributed by atoms with Crippen LogP contribution in [-0.4, -0.2) is 12.6 Å². The molecule has 3 rings (SSSR count). The molecule has 20 heavy (non-hydrogen) atoms. The maximum Gasteiger partial charge on any atom is 0.0931 e. The number of hydrogen-bond donors (Lipinski definition) is 1. The number of hydrogen-bond acceptors (Lipinski definition) is 2. The predicted molar refractivity (Wildman–Crippen MR) is 88.8 cm³/mol. The third kappa shape index (κ3) is 3.78. The molecule has 0 amide bonds. The molecule has 3 unspecified atom stereocenters. The molecule has 1 heterocycles. The van der Waals surface area contributed by atoms with Gasteiger partial charge in [0.05, 0.1) is 4.34 Å². The van der Waals surface area contributed by atoms with E-state index in [2.05, 4.69) is 24.4 Å². The Labute approximate surface area is 132 Å². The lowest BCUT2D eigenvalue weighted by Crippen LogP contribution is -2.32. The largest absolute Gasteiger partial charge is 0.314 e. The lowest BCUT2D eigenvalue weighted by molar-refractivity contribution is 0.222. The van der Waals surface area contributed by atoms with Crippen molar-refractivity contribution in [3.05, 3.63) is 21.3 Å². The molecular weight excluding hydrogens is 286 g/mol. The molecule has 1 N–H and O–H groups in total. The van der Waals surface area contributed by atoms with Crippen molar-refractivity contribution in [1.82, 2.24) is 5.32 Å². The average molecular weight is 312 g/mol. The topological polar surface area (TPSA) is 12.0 Å². The van der Waals surface area contributed by atoms with E-state index in [4.69, 9.17) is 11.6 Å². The molecule has 1 nitrogen and oxygen atoms in total. The van der Waals surface area contributed by atoms with Gasteiger partial charge in [-0.05, 0) is 62.1 Å². The molecule has 0 saturated heterocycles. The van der Waals surface area contributed by atoms with E-state index in [0.29, 0.717) is 0 Å². The van der Waals surface area contributed by atoms with Gasteiger partial charge in [0.25, 0.3) is 0 Å². The van der Waals surface area contributed by atoms with Crippen LogP contribution >= 0.6 is 22.9 Å². The molecule has 2 saturated carbocycles. The third-order valence-electron chi connectivity index (χ3n) is 5.00. The average Bonchev–Trinajstić information content (AvgIpc) is 3.18.